The zero-order valence-electron chi connectivity index (χ0n) is 7.11. The summed E-state index contributed by atoms with van der Waals surface area (Å²) in [5.41, 5.74) is 1.60. The van der Waals surface area contributed by atoms with Crippen LogP contribution >= 0.6 is 27.3 Å². The average molecular weight is 245 g/mol. The lowest BCUT2D eigenvalue weighted by Crippen LogP contribution is -1.94. The highest BCUT2D eigenvalue weighted by atomic mass is 79.9. The number of hydrogen-bond acceptors (Lipinski definition) is 1. The Morgan fingerprint density at radius 2 is 1.83 bits per heavy atom. The zero-order valence-corrected chi connectivity index (χ0v) is 9.51. The second-order valence-corrected chi connectivity index (χ2v) is 5.93. The lowest BCUT2D eigenvalue weighted by Gasteiger charge is -2.07. The van der Waals surface area contributed by atoms with Crippen molar-refractivity contribution in [3.63, 3.8) is 0 Å². The summed E-state index contributed by atoms with van der Waals surface area (Å²) in [6, 6.07) is 2.31. The van der Waals surface area contributed by atoms with Gasteiger partial charge in [-0.15, -0.1) is 11.3 Å². The van der Waals surface area contributed by atoms with Gasteiger partial charge in [-0.1, -0.05) is 12.8 Å². The van der Waals surface area contributed by atoms with E-state index in [9.17, 15) is 0 Å². The third-order valence-corrected chi connectivity index (χ3v) is 4.21. The van der Waals surface area contributed by atoms with Crippen LogP contribution in [0.3, 0.4) is 0 Å². The maximum absolute atomic E-state index is 3.56. The van der Waals surface area contributed by atoms with Gasteiger partial charge >= 0.3 is 0 Å². The average Bonchev–Trinajstić information content (AvgIpc) is 2.32. The lowest BCUT2D eigenvalue weighted by molar-refractivity contribution is 0.622. The predicted octanol–water partition coefficient (Wildman–Crippen LogP) is 4.17. The fourth-order valence-corrected chi connectivity index (χ4v) is 3.65. The van der Waals surface area contributed by atoms with Crippen molar-refractivity contribution >= 4 is 27.3 Å². The number of aryl methyl sites for hydroxylation is 2. The molecule has 0 saturated carbocycles. The van der Waals surface area contributed by atoms with Crippen molar-refractivity contribution in [3.8, 4) is 0 Å². The molecule has 0 fully saturated rings. The summed E-state index contributed by atoms with van der Waals surface area (Å²) in [5.74, 6) is 0. The molecule has 0 bridgehead atoms. The van der Waals surface area contributed by atoms with Crippen LogP contribution in [-0.4, -0.2) is 0 Å². The van der Waals surface area contributed by atoms with Gasteiger partial charge in [-0.05, 0) is 53.2 Å². The molecule has 0 amide bonds. The maximum atomic E-state index is 3.56. The van der Waals surface area contributed by atoms with Gasteiger partial charge < -0.3 is 0 Å². The molecule has 66 valence electrons. The fourth-order valence-electron chi connectivity index (χ4n) is 1.81. The van der Waals surface area contributed by atoms with Crippen LogP contribution in [0.1, 0.15) is 36.1 Å². The van der Waals surface area contributed by atoms with Crippen LogP contribution in [0.15, 0.2) is 9.85 Å². The minimum atomic E-state index is 1.30. The number of halogens is 1. The Morgan fingerprint density at radius 3 is 2.67 bits per heavy atom. The molecule has 2 rings (SSSR count). The lowest BCUT2D eigenvalue weighted by atomic mass is 10.0. The highest BCUT2D eigenvalue weighted by Gasteiger charge is 2.09. The Morgan fingerprint density at radius 1 is 1.08 bits per heavy atom. The minimum absolute atomic E-state index is 1.30. The van der Waals surface area contributed by atoms with E-state index in [-0.39, 0.29) is 0 Å². The van der Waals surface area contributed by atoms with E-state index in [0.29, 0.717) is 0 Å². The van der Waals surface area contributed by atoms with Crippen molar-refractivity contribution in [2.24, 2.45) is 0 Å². The monoisotopic (exact) mass is 244 g/mol. The summed E-state index contributed by atoms with van der Waals surface area (Å²) in [5, 5.41) is 0. The number of thiophene rings is 1. The number of fused-ring (bicyclic) bond motifs is 1. The third kappa shape index (κ3) is 1.91. The topological polar surface area (TPSA) is 0 Å². The van der Waals surface area contributed by atoms with Crippen LogP contribution in [0.2, 0.25) is 0 Å². The van der Waals surface area contributed by atoms with E-state index in [2.05, 4.69) is 22.0 Å². The van der Waals surface area contributed by atoms with Gasteiger partial charge in [0.15, 0.2) is 0 Å². The first-order chi connectivity index (χ1) is 5.86. The second kappa shape index (κ2) is 3.93. The molecule has 0 aromatic carbocycles. The summed E-state index contributed by atoms with van der Waals surface area (Å²) in [7, 11) is 0. The summed E-state index contributed by atoms with van der Waals surface area (Å²) < 4.78 is 1.31. The Balaban J connectivity index is 2.23. The number of rotatable bonds is 0. The van der Waals surface area contributed by atoms with E-state index in [1.165, 1.54) is 42.3 Å². The van der Waals surface area contributed by atoms with Crippen LogP contribution in [0.5, 0.6) is 0 Å². The van der Waals surface area contributed by atoms with Crippen LogP contribution < -0.4 is 0 Å². The Hall–Kier alpha value is 0.180. The van der Waals surface area contributed by atoms with Gasteiger partial charge in [-0.2, -0.15) is 0 Å². The first kappa shape index (κ1) is 8.76. The van der Waals surface area contributed by atoms with Gasteiger partial charge in [0.2, 0.25) is 0 Å². The summed E-state index contributed by atoms with van der Waals surface area (Å²) in [6.45, 7) is 0. The first-order valence-electron chi connectivity index (χ1n) is 4.63. The highest BCUT2D eigenvalue weighted by Crippen LogP contribution is 2.31. The molecule has 0 nitrogen and oxygen atoms in total. The van der Waals surface area contributed by atoms with E-state index in [4.69, 9.17) is 0 Å². The predicted molar refractivity (Wildman–Crippen MR) is 57.9 cm³/mol. The molecule has 1 aromatic rings. The summed E-state index contributed by atoms with van der Waals surface area (Å²) >= 11 is 5.49. The largest absolute Gasteiger partial charge is 0.133 e. The van der Waals surface area contributed by atoms with Crippen molar-refractivity contribution in [1.82, 2.24) is 0 Å². The molecule has 2 heteroatoms. The molecular weight excluding hydrogens is 232 g/mol. The van der Waals surface area contributed by atoms with E-state index < -0.39 is 0 Å². The molecule has 0 N–H and O–H groups in total. The maximum Gasteiger partial charge on any atom is 0.0704 e. The van der Waals surface area contributed by atoms with Crippen molar-refractivity contribution in [2.75, 3.05) is 0 Å². The van der Waals surface area contributed by atoms with E-state index in [1.807, 2.05) is 11.3 Å². The molecule has 0 aliphatic heterocycles. The molecule has 0 saturated heterocycles. The Bertz CT molecular complexity index is 239. The molecule has 0 spiro atoms. The molecule has 1 aromatic heterocycles. The van der Waals surface area contributed by atoms with Crippen molar-refractivity contribution in [2.45, 2.75) is 38.5 Å². The van der Waals surface area contributed by atoms with Crippen molar-refractivity contribution in [1.29, 1.82) is 0 Å². The van der Waals surface area contributed by atoms with Gasteiger partial charge in [0.05, 0.1) is 3.79 Å². The molecule has 1 aliphatic rings. The number of hydrogen-bond donors (Lipinski definition) is 0. The molecule has 1 aliphatic carbocycles. The molecule has 1 heterocycles. The van der Waals surface area contributed by atoms with Crippen LogP contribution in [0.4, 0.5) is 0 Å². The van der Waals surface area contributed by atoms with Crippen LogP contribution in [-0.2, 0) is 12.8 Å². The molecule has 12 heavy (non-hydrogen) atoms. The fraction of sp³-hybridized carbons (Fsp3) is 0.600. The Labute approximate surface area is 86.1 Å². The van der Waals surface area contributed by atoms with Gasteiger partial charge in [-0.3, -0.25) is 0 Å². The van der Waals surface area contributed by atoms with Gasteiger partial charge in [0, 0.05) is 4.88 Å². The molecule has 0 unspecified atom stereocenters. The molecule has 0 radical (unpaired) electrons. The summed E-state index contributed by atoms with van der Waals surface area (Å²) in [4.78, 5) is 1.63. The van der Waals surface area contributed by atoms with Crippen molar-refractivity contribution < 1.29 is 0 Å². The van der Waals surface area contributed by atoms with E-state index in [0.717, 1.165) is 0 Å². The second-order valence-electron chi connectivity index (χ2n) is 3.41. The standard InChI is InChI=1S/C10H13BrS/c11-10-7-8-5-3-1-2-4-6-9(8)12-10/h7H,1-6H2. The normalized spacial score (nSPS) is 18.1. The first-order valence-corrected chi connectivity index (χ1v) is 6.24. The van der Waals surface area contributed by atoms with Gasteiger partial charge in [0.25, 0.3) is 0 Å². The SMILES string of the molecule is Brc1cc2c(s1)CCCCCC2. The van der Waals surface area contributed by atoms with Crippen LogP contribution in [0.25, 0.3) is 0 Å². The minimum Gasteiger partial charge on any atom is -0.133 e. The van der Waals surface area contributed by atoms with E-state index >= 15 is 0 Å². The molecular formula is C10H13BrS. The molecule has 0 atom stereocenters. The zero-order chi connectivity index (χ0) is 8.39. The summed E-state index contributed by atoms with van der Waals surface area (Å²) in [6.07, 6.45) is 8.24. The van der Waals surface area contributed by atoms with Crippen LogP contribution in [0, 0.1) is 0 Å². The third-order valence-electron chi connectivity index (χ3n) is 2.47. The van der Waals surface area contributed by atoms with Crippen molar-refractivity contribution in [3.05, 3.63) is 20.3 Å². The van der Waals surface area contributed by atoms with E-state index in [1.54, 1.807) is 10.4 Å². The highest BCUT2D eigenvalue weighted by molar-refractivity contribution is 9.11. The van der Waals surface area contributed by atoms with Gasteiger partial charge in [0.1, 0.15) is 0 Å². The van der Waals surface area contributed by atoms with Gasteiger partial charge in [-0.25, -0.2) is 0 Å². The quantitative estimate of drug-likeness (QED) is 0.643. The smallest absolute Gasteiger partial charge is 0.0704 e. The Kier molecular flexibility index (Phi) is 2.87.